The molecule has 0 saturated carbocycles. The van der Waals surface area contributed by atoms with Gasteiger partial charge in [-0.1, -0.05) is 30.3 Å². The van der Waals surface area contributed by atoms with Gasteiger partial charge in [0.2, 0.25) is 10.0 Å². The summed E-state index contributed by atoms with van der Waals surface area (Å²) in [5.41, 5.74) is 1.04. The molecular formula is C15H21N3O3S. The summed E-state index contributed by atoms with van der Waals surface area (Å²) in [6.07, 6.45) is 5.99. The second-order valence-corrected chi connectivity index (χ2v) is 6.83. The zero-order valence-electron chi connectivity index (χ0n) is 12.4. The minimum Gasteiger partial charge on any atom is -0.376 e. The summed E-state index contributed by atoms with van der Waals surface area (Å²) < 4.78 is 33.5. The van der Waals surface area contributed by atoms with Gasteiger partial charge in [-0.25, -0.2) is 18.1 Å². The first-order valence-electron chi connectivity index (χ1n) is 7.20. The van der Waals surface area contributed by atoms with Crippen LogP contribution in [0.4, 0.5) is 0 Å². The number of hydrogen-bond acceptors (Lipinski definition) is 4. The van der Waals surface area contributed by atoms with E-state index in [1.54, 1.807) is 12.5 Å². The van der Waals surface area contributed by atoms with E-state index in [0.717, 1.165) is 18.5 Å². The first-order valence-corrected chi connectivity index (χ1v) is 8.86. The Hall–Kier alpha value is -1.70. The smallest absolute Gasteiger partial charge is 0.213 e. The molecule has 0 fully saturated rings. The molecule has 2 rings (SSSR count). The van der Waals surface area contributed by atoms with Crippen molar-refractivity contribution in [1.29, 1.82) is 0 Å². The first kappa shape index (κ1) is 16.7. The highest BCUT2D eigenvalue weighted by atomic mass is 32.2. The largest absolute Gasteiger partial charge is 0.376 e. The lowest BCUT2D eigenvalue weighted by Gasteiger charge is -2.08. The van der Waals surface area contributed by atoms with Crippen molar-refractivity contribution in [2.75, 3.05) is 18.9 Å². The Balaban J connectivity index is 1.57. The molecule has 0 amide bonds. The van der Waals surface area contributed by atoms with Crippen molar-refractivity contribution >= 4 is 10.0 Å². The number of rotatable bonds is 10. The van der Waals surface area contributed by atoms with Gasteiger partial charge in [-0.15, -0.1) is 0 Å². The lowest BCUT2D eigenvalue weighted by Crippen LogP contribution is -2.29. The molecule has 0 bridgehead atoms. The molecule has 1 aromatic heterocycles. The third-order valence-electron chi connectivity index (χ3n) is 3.08. The van der Waals surface area contributed by atoms with Crippen LogP contribution < -0.4 is 4.72 Å². The molecule has 0 aliphatic heterocycles. The molecule has 0 aliphatic rings. The van der Waals surface area contributed by atoms with E-state index >= 15 is 0 Å². The Morgan fingerprint density at radius 3 is 2.77 bits per heavy atom. The quantitative estimate of drug-likeness (QED) is 0.671. The number of nitrogens with one attached hydrogen (secondary N) is 1. The zero-order chi connectivity index (χ0) is 15.7. The SMILES string of the molecule is O=S(=O)(CCOCc1ccccc1)NCCCn1ccnc1. The Morgan fingerprint density at radius 1 is 1.23 bits per heavy atom. The second-order valence-electron chi connectivity index (χ2n) is 4.91. The van der Waals surface area contributed by atoms with Gasteiger partial charge in [-0.3, -0.25) is 0 Å². The molecule has 1 heterocycles. The summed E-state index contributed by atoms with van der Waals surface area (Å²) in [7, 11) is -3.28. The minimum atomic E-state index is -3.28. The summed E-state index contributed by atoms with van der Waals surface area (Å²) in [6, 6.07) is 9.68. The third kappa shape index (κ3) is 6.38. The molecular weight excluding hydrogens is 302 g/mol. The Bertz CT molecular complexity index is 627. The van der Waals surface area contributed by atoms with Crippen LogP contribution in [0.25, 0.3) is 0 Å². The van der Waals surface area contributed by atoms with Crippen LogP contribution in [0.5, 0.6) is 0 Å². The van der Waals surface area contributed by atoms with E-state index in [9.17, 15) is 8.42 Å². The molecule has 1 N–H and O–H groups in total. The maximum absolute atomic E-state index is 11.8. The van der Waals surface area contributed by atoms with Gasteiger partial charge in [0.25, 0.3) is 0 Å². The van der Waals surface area contributed by atoms with Gasteiger partial charge in [-0.2, -0.15) is 0 Å². The van der Waals surface area contributed by atoms with E-state index in [0.29, 0.717) is 13.2 Å². The highest BCUT2D eigenvalue weighted by molar-refractivity contribution is 7.89. The molecule has 0 unspecified atom stereocenters. The average molecular weight is 323 g/mol. The van der Waals surface area contributed by atoms with Gasteiger partial charge in [0.1, 0.15) is 0 Å². The zero-order valence-corrected chi connectivity index (χ0v) is 13.2. The monoisotopic (exact) mass is 323 g/mol. The van der Waals surface area contributed by atoms with Gasteiger partial charge >= 0.3 is 0 Å². The van der Waals surface area contributed by atoms with Crippen LogP contribution in [0.3, 0.4) is 0 Å². The number of imidazole rings is 1. The molecule has 0 radical (unpaired) electrons. The van der Waals surface area contributed by atoms with Crippen molar-refractivity contribution in [1.82, 2.24) is 14.3 Å². The number of aromatic nitrogens is 2. The molecule has 0 aliphatic carbocycles. The molecule has 1 aromatic carbocycles. The first-order chi connectivity index (χ1) is 10.7. The van der Waals surface area contributed by atoms with Crippen molar-refractivity contribution in [3.05, 3.63) is 54.6 Å². The molecule has 22 heavy (non-hydrogen) atoms. The second kappa shape index (κ2) is 8.67. The molecule has 0 atom stereocenters. The van der Waals surface area contributed by atoms with E-state index in [-0.39, 0.29) is 12.4 Å². The lowest BCUT2D eigenvalue weighted by atomic mass is 10.2. The molecule has 0 saturated heterocycles. The molecule has 6 nitrogen and oxygen atoms in total. The number of hydrogen-bond donors (Lipinski definition) is 1. The van der Waals surface area contributed by atoms with E-state index in [2.05, 4.69) is 9.71 Å². The normalized spacial score (nSPS) is 11.6. The molecule has 2 aromatic rings. The summed E-state index contributed by atoms with van der Waals surface area (Å²) in [6.45, 7) is 1.77. The fraction of sp³-hybridized carbons (Fsp3) is 0.400. The Kier molecular flexibility index (Phi) is 6.57. The maximum atomic E-state index is 11.8. The van der Waals surface area contributed by atoms with Crippen LogP contribution >= 0.6 is 0 Å². The standard InChI is InChI=1S/C15H21N3O3S/c19-22(20,17-7-4-9-18-10-8-16-14-18)12-11-21-13-15-5-2-1-3-6-15/h1-3,5-6,8,10,14,17H,4,7,9,11-13H2. The van der Waals surface area contributed by atoms with Crippen molar-refractivity contribution in [3.8, 4) is 0 Å². The summed E-state index contributed by atoms with van der Waals surface area (Å²) >= 11 is 0. The fourth-order valence-electron chi connectivity index (χ4n) is 1.91. The van der Waals surface area contributed by atoms with Crippen LogP contribution in [-0.2, 0) is 27.9 Å². The Morgan fingerprint density at radius 2 is 2.05 bits per heavy atom. The van der Waals surface area contributed by atoms with Gasteiger partial charge in [-0.05, 0) is 12.0 Å². The van der Waals surface area contributed by atoms with Crippen molar-refractivity contribution < 1.29 is 13.2 Å². The van der Waals surface area contributed by atoms with E-state index in [4.69, 9.17) is 4.74 Å². The maximum Gasteiger partial charge on any atom is 0.213 e. The lowest BCUT2D eigenvalue weighted by molar-refractivity contribution is 0.135. The number of sulfonamides is 1. The molecule has 0 spiro atoms. The number of ether oxygens (including phenoxy) is 1. The van der Waals surface area contributed by atoms with Crippen molar-refractivity contribution in [3.63, 3.8) is 0 Å². The van der Waals surface area contributed by atoms with Gasteiger partial charge in [0.05, 0.1) is 25.3 Å². The van der Waals surface area contributed by atoms with Crippen LogP contribution in [-0.4, -0.2) is 36.9 Å². The highest BCUT2D eigenvalue weighted by Gasteiger charge is 2.09. The van der Waals surface area contributed by atoms with E-state index in [1.807, 2.05) is 41.1 Å². The predicted molar refractivity (Wildman–Crippen MR) is 84.7 cm³/mol. The number of benzene rings is 1. The molecule has 120 valence electrons. The highest BCUT2D eigenvalue weighted by Crippen LogP contribution is 2.00. The fourth-order valence-corrected chi connectivity index (χ4v) is 2.85. The Labute approximate surface area is 131 Å². The van der Waals surface area contributed by atoms with Gasteiger partial charge in [0.15, 0.2) is 0 Å². The number of nitrogens with zero attached hydrogens (tertiary/aromatic N) is 2. The van der Waals surface area contributed by atoms with E-state index in [1.165, 1.54) is 0 Å². The number of aryl methyl sites for hydroxylation is 1. The van der Waals surface area contributed by atoms with Gasteiger partial charge < -0.3 is 9.30 Å². The van der Waals surface area contributed by atoms with Crippen molar-refractivity contribution in [2.45, 2.75) is 19.6 Å². The molecule has 7 heteroatoms. The van der Waals surface area contributed by atoms with E-state index < -0.39 is 10.0 Å². The van der Waals surface area contributed by atoms with Crippen LogP contribution in [0.1, 0.15) is 12.0 Å². The van der Waals surface area contributed by atoms with Crippen LogP contribution in [0, 0.1) is 0 Å². The van der Waals surface area contributed by atoms with Crippen LogP contribution in [0.15, 0.2) is 49.1 Å². The summed E-state index contributed by atoms with van der Waals surface area (Å²) in [5, 5.41) is 0. The third-order valence-corrected chi connectivity index (χ3v) is 4.43. The average Bonchev–Trinajstić information content (AvgIpc) is 3.03. The predicted octanol–water partition coefficient (Wildman–Crippen LogP) is 1.41. The summed E-state index contributed by atoms with van der Waals surface area (Å²) in [4.78, 5) is 3.93. The summed E-state index contributed by atoms with van der Waals surface area (Å²) in [5.74, 6) is -0.0229. The minimum absolute atomic E-state index is 0.0229. The van der Waals surface area contributed by atoms with Crippen molar-refractivity contribution in [2.24, 2.45) is 0 Å². The van der Waals surface area contributed by atoms with Gasteiger partial charge in [0, 0.05) is 25.5 Å². The van der Waals surface area contributed by atoms with Crippen LogP contribution in [0.2, 0.25) is 0 Å². The topological polar surface area (TPSA) is 73.2 Å².